The highest BCUT2D eigenvalue weighted by atomic mass is 16.5. The van der Waals surface area contributed by atoms with Gasteiger partial charge in [0.25, 0.3) is 5.91 Å². The summed E-state index contributed by atoms with van der Waals surface area (Å²) in [4.78, 5) is 17.9. The number of ether oxygens (including phenoxy) is 1. The van der Waals surface area contributed by atoms with Gasteiger partial charge in [0.05, 0.1) is 11.9 Å². The van der Waals surface area contributed by atoms with Crippen LogP contribution in [-0.4, -0.2) is 35.0 Å². The summed E-state index contributed by atoms with van der Waals surface area (Å²) in [6, 6.07) is 3.57. The summed E-state index contributed by atoms with van der Waals surface area (Å²) in [5.74, 6) is 0.572. The largest absolute Gasteiger partial charge is 0.479 e. The van der Waals surface area contributed by atoms with E-state index in [1.807, 2.05) is 13.8 Å². The fraction of sp³-hybridized carbons (Fsp3) is 0.538. The second-order valence-corrected chi connectivity index (χ2v) is 3.96. The Labute approximate surface area is 108 Å². The number of hydrogen-bond donors (Lipinski definition) is 1. The quantitative estimate of drug-likeness (QED) is 0.824. The Bertz CT molecular complexity index is 374. The lowest BCUT2D eigenvalue weighted by atomic mass is 10.3. The summed E-state index contributed by atoms with van der Waals surface area (Å²) < 4.78 is 5.57. The molecule has 0 spiro atoms. The van der Waals surface area contributed by atoms with Gasteiger partial charge >= 0.3 is 0 Å². The van der Waals surface area contributed by atoms with Gasteiger partial charge in [0, 0.05) is 19.6 Å². The van der Waals surface area contributed by atoms with Gasteiger partial charge in [-0.1, -0.05) is 0 Å². The van der Waals surface area contributed by atoms with Crippen molar-refractivity contribution in [2.75, 3.05) is 13.1 Å². The molecule has 0 saturated heterocycles. The molecule has 0 radical (unpaired) electrons. The van der Waals surface area contributed by atoms with Crippen LogP contribution in [0, 0.1) is 0 Å². The van der Waals surface area contributed by atoms with Gasteiger partial charge in [-0.25, -0.2) is 0 Å². The Kier molecular flexibility index (Phi) is 5.58. The van der Waals surface area contributed by atoms with Crippen LogP contribution in [0.4, 0.5) is 0 Å². The predicted molar refractivity (Wildman–Crippen MR) is 70.1 cm³/mol. The average Bonchev–Trinajstić information content (AvgIpc) is 2.40. The molecule has 0 aliphatic heterocycles. The fourth-order valence-corrected chi connectivity index (χ4v) is 1.65. The number of aromatic nitrogens is 1. The summed E-state index contributed by atoms with van der Waals surface area (Å²) >= 11 is 0. The molecule has 0 aromatic carbocycles. The van der Waals surface area contributed by atoms with Gasteiger partial charge in [-0.05, 0) is 32.9 Å². The molecule has 1 aromatic rings. The summed E-state index contributed by atoms with van der Waals surface area (Å²) in [5.41, 5.74) is 6.26. The Morgan fingerprint density at radius 2 is 2.11 bits per heavy atom. The zero-order valence-corrected chi connectivity index (χ0v) is 11.2. The lowest BCUT2D eigenvalue weighted by Crippen LogP contribution is -2.40. The maximum Gasteiger partial charge on any atom is 0.263 e. The van der Waals surface area contributed by atoms with Crippen LogP contribution in [-0.2, 0) is 11.3 Å². The van der Waals surface area contributed by atoms with E-state index in [1.54, 1.807) is 30.2 Å². The van der Waals surface area contributed by atoms with Gasteiger partial charge in [-0.3, -0.25) is 9.78 Å². The molecule has 5 nitrogen and oxygen atoms in total. The van der Waals surface area contributed by atoms with Crippen molar-refractivity contribution in [3.05, 3.63) is 24.0 Å². The lowest BCUT2D eigenvalue weighted by molar-refractivity contribution is -0.137. The van der Waals surface area contributed by atoms with Crippen LogP contribution < -0.4 is 10.5 Å². The molecular weight excluding hydrogens is 230 g/mol. The molecule has 0 bridgehead atoms. The van der Waals surface area contributed by atoms with Crippen LogP contribution in [0.2, 0.25) is 0 Å². The lowest BCUT2D eigenvalue weighted by Gasteiger charge is -2.23. The highest BCUT2D eigenvalue weighted by Crippen LogP contribution is 2.12. The van der Waals surface area contributed by atoms with Crippen molar-refractivity contribution in [1.82, 2.24) is 9.88 Å². The Hall–Kier alpha value is -1.62. The molecule has 18 heavy (non-hydrogen) atoms. The number of amides is 1. The summed E-state index contributed by atoms with van der Waals surface area (Å²) in [6.07, 6.45) is 1.09. The molecule has 5 heteroatoms. The first-order chi connectivity index (χ1) is 8.62. The predicted octanol–water partition coefficient (Wildman–Crippen LogP) is 1.18. The van der Waals surface area contributed by atoms with Gasteiger partial charge in [0.15, 0.2) is 6.10 Å². The number of nitrogens with two attached hydrogens (primary N) is 1. The monoisotopic (exact) mass is 251 g/mol. The standard InChI is InChI=1S/C13H21N3O2/c1-4-16(5-2)13(17)10(3)18-12-7-6-11(8-14)15-9-12/h6-7,9-10H,4-5,8,14H2,1-3H3. The third-order valence-corrected chi connectivity index (χ3v) is 2.74. The number of nitrogens with zero attached hydrogens (tertiary/aromatic N) is 2. The van der Waals surface area contributed by atoms with Gasteiger partial charge in [-0.2, -0.15) is 0 Å². The molecule has 1 atom stereocenters. The minimum atomic E-state index is -0.504. The number of carbonyl (C=O) groups excluding carboxylic acids is 1. The van der Waals surface area contributed by atoms with E-state index in [4.69, 9.17) is 10.5 Å². The van der Waals surface area contributed by atoms with Gasteiger partial charge < -0.3 is 15.4 Å². The van der Waals surface area contributed by atoms with Gasteiger partial charge in [-0.15, -0.1) is 0 Å². The van der Waals surface area contributed by atoms with Crippen molar-refractivity contribution in [3.63, 3.8) is 0 Å². The van der Waals surface area contributed by atoms with E-state index in [2.05, 4.69) is 4.98 Å². The topological polar surface area (TPSA) is 68.5 Å². The third-order valence-electron chi connectivity index (χ3n) is 2.74. The van der Waals surface area contributed by atoms with Crippen LogP contribution in [0.3, 0.4) is 0 Å². The maximum absolute atomic E-state index is 12.0. The minimum absolute atomic E-state index is 0.0112. The molecule has 0 fully saturated rings. The zero-order valence-electron chi connectivity index (χ0n) is 11.2. The van der Waals surface area contributed by atoms with Gasteiger partial charge in [0.2, 0.25) is 0 Å². The highest BCUT2D eigenvalue weighted by molar-refractivity contribution is 5.80. The van der Waals surface area contributed by atoms with Crippen LogP contribution >= 0.6 is 0 Å². The van der Waals surface area contributed by atoms with E-state index < -0.39 is 6.10 Å². The first-order valence-corrected chi connectivity index (χ1v) is 6.22. The number of pyridine rings is 1. The molecule has 1 aromatic heterocycles. The third kappa shape index (κ3) is 3.70. The second kappa shape index (κ2) is 6.96. The molecule has 100 valence electrons. The molecular formula is C13H21N3O2. The minimum Gasteiger partial charge on any atom is -0.479 e. The van der Waals surface area contributed by atoms with Crippen LogP contribution in [0.5, 0.6) is 5.75 Å². The zero-order chi connectivity index (χ0) is 13.5. The number of hydrogen-bond acceptors (Lipinski definition) is 4. The molecule has 1 unspecified atom stereocenters. The van der Waals surface area contributed by atoms with Gasteiger partial charge in [0.1, 0.15) is 5.75 Å². The number of rotatable bonds is 6. The molecule has 1 amide bonds. The average molecular weight is 251 g/mol. The van der Waals surface area contributed by atoms with Crippen molar-refractivity contribution in [2.45, 2.75) is 33.4 Å². The molecule has 0 saturated carbocycles. The van der Waals surface area contributed by atoms with Crippen molar-refractivity contribution in [1.29, 1.82) is 0 Å². The van der Waals surface area contributed by atoms with E-state index in [0.29, 0.717) is 25.4 Å². The van der Waals surface area contributed by atoms with E-state index >= 15 is 0 Å². The van der Waals surface area contributed by atoms with E-state index in [-0.39, 0.29) is 5.91 Å². The summed E-state index contributed by atoms with van der Waals surface area (Å²) in [5, 5.41) is 0. The van der Waals surface area contributed by atoms with E-state index in [0.717, 1.165) is 5.69 Å². The first-order valence-electron chi connectivity index (χ1n) is 6.22. The number of carbonyl (C=O) groups is 1. The summed E-state index contributed by atoms with van der Waals surface area (Å²) in [6.45, 7) is 7.42. The van der Waals surface area contributed by atoms with Crippen molar-refractivity contribution >= 4 is 5.91 Å². The molecule has 0 aliphatic rings. The molecule has 1 rings (SSSR count). The van der Waals surface area contributed by atoms with E-state index in [1.165, 1.54) is 0 Å². The maximum atomic E-state index is 12.0. The fourth-order valence-electron chi connectivity index (χ4n) is 1.65. The van der Waals surface area contributed by atoms with Crippen LogP contribution in [0.15, 0.2) is 18.3 Å². The number of likely N-dealkylation sites (N-methyl/N-ethyl adjacent to an activating group) is 1. The highest BCUT2D eigenvalue weighted by Gasteiger charge is 2.19. The van der Waals surface area contributed by atoms with E-state index in [9.17, 15) is 4.79 Å². The molecule has 0 aliphatic carbocycles. The Balaban J connectivity index is 2.62. The first kappa shape index (κ1) is 14.4. The second-order valence-electron chi connectivity index (χ2n) is 3.96. The van der Waals surface area contributed by atoms with Crippen LogP contribution in [0.25, 0.3) is 0 Å². The normalized spacial score (nSPS) is 12.0. The van der Waals surface area contributed by atoms with Crippen molar-refractivity contribution in [3.8, 4) is 5.75 Å². The summed E-state index contributed by atoms with van der Waals surface area (Å²) in [7, 11) is 0. The van der Waals surface area contributed by atoms with Crippen LogP contribution in [0.1, 0.15) is 26.5 Å². The SMILES string of the molecule is CCN(CC)C(=O)C(C)Oc1ccc(CN)nc1. The Morgan fingerprint density at radius 3 is 2.56 bits per heavy atom. The molecule has 2 N–H and O–H groups in total. The molecule has 1 heterocycles. The smallest absolute Gasteiger partial charge is 0.263 e. The Morgan fingerprint density at radius 1 is 1.44 bits per heavy atom. The van der Waals surface area contributed by atoms with Crippen molar-refractivity contribution < 1.29 is 9.53 Å². The van der Waals surface area contributed by atoms with Crippen molar-refractivity contribution in [2.24, 2.45) is 5.73 Å².